The first-order valence-corrected chi connectivity index (χ1v) is 6.59. The van der Waals surface area contributed by atoms with Crippen LogP contribution in [0.5, 0.6) is 0 Å². The number of nitrogens with one attached hydrogen (secondary N) is 2. The average molecular weight is 259 g/mol. The molecule has 0 bridgehead atoms. The first-order chi connectivity index (χ1) is 9.19. The third kappa shape index (κ3) is 2.33. The van der Waals surface area contributed by atoms with Crippen LogP contribution in [0.15, 0.2) is 18.2 Å². The molecule has 2 amide bonds. The number of amides is 2. The van der Waals surface area contributed by atoms with Crippen LogP contribution in [0, 0.1) is 0 Å². The van der Waals surface area contributed by atoms with Gasteiger partial charge in [-0.1, -0.05) is 0 Å². The van der Waals surface area contributed by atoms with Gasteiger partial charge in [-0.3, -0.25) is 9.59 Å². The maximum Gasteiger partial charge on any atom is 0.247 e. The fraction of sp³-hybridized carbons (Fsp3) is 0.429. The van der Waals surface area contributed by atoms with Gasteiger partial charge in [0.15, 0.2) is 0 Å². The average Bonchev–Trinajstić information content (AvgIpc) is 3.17. The number of carbonyl (C=O) groups is 2. The minimum atomic E-state index is -0.159. The summed E-state index contributed by atoms with van der Waals surface area (Å²) in [5.41, 5.74) is 2.60. The van der Waals surface area contributed by atoms with Crippen molar-refractivity contribution in [1.82, 2.24) is 5.32 Å². The van der Waals surface area contributed by atoms with Crippen molar-refractivity contribution in [3.63, 3.8) is 0 Å². The van der Waals surface area contributed by atoms with Crippen molar-refractivity contribution in [3.05, 3.63) is 23.8 Å². The van der Waals surface area contributed by atoms with Crippen LogP contribution in [0.1, 0.15) is 18.4 Å². The molecule has 3 rings (SSSR count). The first-order valence-electron chi connectivity index (χ1n) is 6.59. The maximum absolute atomic E-state index is 12.1. The standard InChI is InChI=1S/C14H17N3O2/c1-15-11-4-5-12-9(6-11)7-13(18)17(12)14(19)8-16-10-2-3-10/h4-6,10,15-16H,2-3,7-8H2,1H3. The van der Waals surface area contributed by atoms with Crippen LogP contribution in [-0.2, 0) is 16.0 Å². The summed E-state index contributed by atoms with van der Waals surface area (Å²) < 4.78 is 0. The number of fused-ring (bicyclic) bond motifs is 1. The van der Waals surface area contributed by atoms with Crippen molar-refractivity contribution in [2.75, 3.05) is 23.8 Å². The molecule has 0 saturated heterocycles. The van der Waals surface area contributed by atoms with Crippen molar-refractivity contribution in [1.29, 1.82) is 0 Å². The van der Waals surface area contributed by atoms with E-state index in [0.29, 0.717) is 12.5 Å². The quantitative estimate of drug-likeness (QED) is 0.843. The van der Waals surface area contributed by atoms with E-state index in [1.165, 1.54) is 4.90 Å². The topological polar surface area (TPSA) is 61.4 Å². The molecule has 2 N–H and O–H groups in total. The Balaban J connectivity index is 1.78. The molecule has 1 aromatic rings. The van der Waals surface area contributed by atoms with Gasteiger partial charge in [-0.15, -0.1) is 0 Å². The van der Waals surface area contributed by atoms with Gasteiger partial charge in [-0.05, 0) is 36.6 Å². The monoisotopic (exact) mass is 259 g/mol. The van der Waals surface area contributed by atoms with Crippen molar-refractivity contribution in [3.8, 4) is 0 Å². The Labute approximate surface area is 112 Å². The van der Waals surface area contributed by atoms with Gasteiger partial charge in [0.05, 0.1) is 18.7 Å². The summed E-state index contributed by atoms with van der Waals surface area (Å²) in [6, 6.07) is 6.11. The van der Waals surface area contributed by atoms with Gasteiger partial charge in [0, 0.05) is 18.8 Å². The highest BCUT2D eigenvalue weighted by atomic mass is 16.2. The highest BCUT2D eigenvalue weighted by Gasteiger charge is 2.33. The summed E-state index contributed by atoms with van der Waals surface area (Å²) in [5.74, 6) is -0.293. The van der Waals surface area contributed by atoms with Gasteiger partial charge >= 0.3 is 0 Å². The second-order valence-electron chi connectivity index (χ2n) is 5.05. The van der Waals surface area contributed by atoms with E-state index in [1.54, 1.807) is 0 Å². The molecule has 100 valence electrons. The molecule has 1 saturated carbocycles. The van der Waals surface area contributed by atoms with Crippen molar-refractivity contribution >= 4 is 23.2 Å². The minimum Gasteiger partial charge on any atom is -0.388 e. The molecule has 1 heterocycles. The Hall–Kier alpha value is -1.88. The zero-order chi connectivity index (χ0) is 13.4. The summed E-state index contributed by atoms with van der Waals surface area (Å²) in [7, 11) is 1.83. The molecule has 19 heavy (non-hydrogen) atoms. The van der Waals surface area contributed by atoms with Crippen LogP contribution in [0.25, 0.3) is 0 Å². The van der Waals surface area contributed by atoms with Gasteiger partial charge in [-0.25, -0.2) is 4.90 Å². The smallest absolute Gasteiger partial charge is 0.247 e. The Morgan fingerprint density at radius 1 is 1.42 bits per heavy atom. The zero-order valence-electron chi connectivity index (χ0n) is 10.9. The van der Waals surface area contributed by atoms with Gasteiger partial charge in [0.1, 0.15) is 0 Å². The van der Waals surface area contributed by atoms with Crippen molar-refractivity contribution in [2.45, 2.75) is 25.3 Å². The lowest BCUT2D eigenvalue weighted by atomic mass is 10.1. The van der Waals surface area contributed by atoms with Gasteiger partial charge in [0.2, 0.25) is 11.8 Å². The van der Waals surface area contributed by atoms with E-state index >= 15 is 0 Å². The molecule has 5 nitrogen and oxygen atoms in total. The molecule has 0 radical (unpaired) electrons. The lowest BCUT2D eigenvalue weighted by Gasteiger charge is -2.16. The molecule has 0 spiro atoms. The fourth-order valence-electron chi connectivity index (χ4n) is 2.35. The molecule has 0 unspecified atom stereocenters. The molecule has 1 aliphatic carbocycles. The Bertz CT molecular complexity index is 537. The maximum atomic E-state index is 12.1. The number of anilines is 2. The largest absolute Gasteiger partial charge is 0.388 e. The van der Waals surface area contributed by atoms with Crippen LogP contribution in [0.2, 0.25) is 0 Å². The number of imide groups is 1. The molecule has 1 fully saturated rings. The Morgan fingerprint density at radius 2 is 2.21 bits per heavy atom. The summed E-state index contributed by atoms with van der Waals surface area (Å²) >= 11 is 0. The van der Waals surface area contributed by atoms with Crippen LogP contribution in [0.4, 0.5) is 11.4 Å². The summed E-state index contributed by atoms with van der Waals surface area (Å²) in [6.07, 6.45) is 2.56. The predicted molar refractivity (Wildman–Crippen MR) is 73.2 cm³/mol. The number of benzene rings is 1. The molecular weight excluding hydrogens is 242 g/mol. The predicted octanol–water partition coefficient (Wildman–Crippen LogP) is 0.896. The molecular formula is C14H17N3O2. The Morgan fingerprint density at radius 3 is 2.89 bits per heavy atom. The van der Waals surface area contributed by atoms with E-state index in [9.17, 15) is 9.59 Å². The van der Waals surface area contributed by atoms with E-state index in [4.69, 9.17) is 0 Å². The van der Waals surface area contributed by atoms with Crippen molar-refractivity contribution in [2.24, 2.45) is 0 Å². The highest BCUT2D eigenvalue weighted by molar-refractivity contribution is 6.19. The molecule has 1 aromatic carbocycles. The normalized spacial score (nSPS) is 17.5. The number of hydrogen-bond donors (Lipinski definition) is 2. The number of hydrogen-bond acceptors (Lipinski definition) is 4. The van der Waals surface area contributed by atoms with E-state index in [0.717, 1.165) is 29.8 Å². The third-order valence-electron chi connectivity index (χ3n) is 3.57. The molecule has 5 heteroatoms. The fourth-order valence-corrected chi connectivity index (χ4v) is 2.35. The summed E-state index contributed by atoms with van der Waals surface area (Å²) in [4.78, 5) is 25.4. The number of rotatable bonds is 4. The second-order valence-corrected chi connectivity index (χ2v) is 5.05. The number of nitrogens with zero attached hydrogens (tertiary/aromatic N) is 1. The van der Waals surface area contributed by atoms with E-state index < -0.39 is 0 Å². The van der Waals surface area contributed by atoms with Crippen LogP contribution < -0.4 is 15.5 Å². The minimum absolute atomic E-state index is 0.133. The third-order valence-corrected chi connectivity index (χ3v) is 3.57. The van der Waals surface area contributed by atoms with Crippen LogP contribution in [-0.4, -0.2) is 31.4 Å². The van der Waals surface area contributed by atoms with Gasteiger partial charge in [0.25, 0.3) is 0 Å². The summed E-state index contributed by atoms with van der Waals surface area (Å²) in [5, 5.41) is 6.19. The first kappa shape index (κ1) is 12.2. The lowest BCUT2D eigenvalue weighted by molar-refractivity contribution is -0.125. The number of carbonyl (C=O) groups excluding carboxylic acids is 2. The zero-order valence-corrected chi connectivity index (χ0v) is 10.9. The second kappa shape index (κ2) is 4.66. The van der Waals surface area contributed by atoms with Gasteiger partial charge in [-0.2, -0.15) is 0 Å². The Kier molecular flexibility index (Phi) is 2.98. The lowest BCUT2D eigenvalue weighted by Crippen LogP contribution is -2.40. The van der Waals surface area contributed by atoms with E-state index in [1.807, 2.05) is 25.2 Å². The molecule has 0 atom stereocenters. The summed E-state index contributed by atoms with van der Waals surface area (Å²) in [6.45, 7) is 0.240. The van der Waals surface area contributed by atoms with E-state index in [-0.39, 0.29) is 18.4 Å². The molecule has 0 aromatic heterocycles. The highest BCUT2D eigenvalue weighted by Crippen LogP contribution is 2.31. The van der Waals surface area contributed by atoms with E-state index in [2.05, 4.69) is 10.6 Å². The van der Waals surface area contributed by atoms with Crippen molar-refractivity contribution < 1.29 is 9.59 Å². The van der Waals surface area contributed by atoms with Crippen LogP contribution in [0.3, 0.4) is 0 Å². The molecule has 2 aliphatic rings. The molecule has 1 aliphatic heterocycles. The SMILES string of the molecule is CNc1ccc2c(c1)CC(=O)N2C(=O)CNC1CC1. The van der Waals surface area contributed by atoms with Gasteiger partial charge < -0.3 is 10.6 Å². The van der Waals surface area contributed by atoms with Crippen LogP contribution >= 0.6 is 0 Å².